The summed E-state index contributed by atoms with van der Waals surface area (Å²) < 4.78 is 48.3. The number of nitrogens with one attached hydrogen (secondary N) is 2. The van der Waals surface area contributed by atoms with Crippen molar-refractivity contribution in [3.8, 4) is 17.1 Å². The Morgan fingerprint density at radius 3 is 2.74 bits per heavy atom. The van der Waals surface area contributed by atoms with Crippen molar-refractivity contribution in [3.63, 3.8) is 0 Å². The van der Waals surface area contributed by atoms with Crippen molar-refractivity contribution in [2.24, 2.45) is 5.92 Å². The van der Waals surface area contributed by atoms with Crippen LogP contribution in [0.25, 0.3) is 16.8 Å². The van der Waals surface area contributed by atoms with E-state index in [-0.39, 0.29) is 36.3 Å². The van der Waals surface area contributed by atoms with E-state index >= 15 is 0 Å². The van der Waals surface area contributed by atoms with Crippen LogP contribution in [-0.4, -0.2) is 92.1 Å². The number of carbonyl (C=O) groups excluding carboxylic acids is 3. The Balaban J connectivity index is 1.24. The lowest BCUT2D eigenvalue weighted by Crippen LogP contribution is -2.47. The molecule has 1 saturated carbocycles. The van der Waals surface area contributed by atoms with Gasteiger partial charge in [-0.05, 0) is 24.1 Å². The number of fused-ring (bicyclic) bond motifs is 1. The second-order valence-corrected chi connectivity index (χ2v) is 11.1. The Bertz CT molecular complexity index is 1590. The molecule has 0 unspecified atom stereocenters. The van der Waals surface area contributed by atoms with Gasteiger partial charge in [0, 0.05) is 56.6 Å². The Morgan fingerprint density at radius 2 is 2.02 bits per heavy atom. The topological polar surface area (TPSA) is 160 Å². The number of methoxy groups -OCH3 is 1. The predicted octanol–water partition coefficient (Wildman–Crippen LogP) is 1.33. The van der Waals surface area contributed by atoms with E-state index < -0.39 is 48.7 Å². The standard InChI is InChI=1S/C27H30F3N9O4/c1-43-25-17(24(41)35-19-12-37(11-18(19)28)26(42)16-7-27(29,30)8-16)5-14(9-32-25)20-6-15(10-38-4-2-3-21(40)36-38)22-23(31)33-13-34-39(20)22/h5-6,9,13,16,18-19H,2-4,7-8,10-12H2,1H3,(H,35,41)(H,36,40)(H2,31,33,34)/t18-,19+/m0/s1. The minimum absolute atomic E-state index is 0.00876. The summed E-state index contributed by atoms with van der Waals surface area (Å²) in [5.41, 5.74) is 11.3. The van der Waals surface area contributed by atoms with Crippen molar-refractivity contribution >= 4 is 29.1 Å². The number of anilines is 1. The van der Waals surface area contributed by atoms with Crippen molar-refractivity contribution < 1.29 is 32.3 Å². The summed E-state index contributed by atoms with van der Waals surface area (Å²) in [7, 11) is 1.34. The molecule has 5 heterocycles. The van der Waals surface area contributed by atoms with E-state index in [2.05, 4.69) is 25.8 Å². The van der Waals surface area contributed by atoms with Crippen molar-refractivity contribution in [3.05, 3.63) is 35.8 Å². The predicted molar refractivity (Wildman–Crippen MR) is 145 cm³/mol. The quantitative estimate of drug-likeness (QED) is 0.363. The first kappa shape index (κ1) is 28.6. The molecule has 4 N–H and O–H groups in total. The highest BCUT2D eigenvalue weighted by Gasteiger charge is 2.51. The summed E-state index contributed by atoms with van der Waals surface area (Å²) in [6, 6.07) is 2.29. The Labute approximate surface area is 243 Å². The van der Waals surface area contributed by atoms with E-state index in [1.165, 1.54) is 30.6 Å². The molecule has 2 saturated heterocycles. The highest BCUT2D eigenvalue weighted by Crippen LogP contribution is 2.43. The molecule has 13 nitrogen and oxygen atoms in total. The van der Waals surface area contributed by atoms with E-state index in [0.29, 0.717) is 42.7 Å². The number of alkyl halides is 3. The summed E-state index contributed by atoms with van der Waals surface area (Å²) >= 11 is 0. The summed E-state index contributed by atoms with van der Waals surface area (Å²) in [6.45, 7) is 0.544. The van der Waals surface area contributed by atoms with Gasteiger partial charge in [-0.1, -0.05) is 0 Å². The third-order valence-electron chi connectivity index (χ3n) is 8.04. The maximum absolute atomic E-state index is 14.9. The summed E-state index contributed by atoms with van der Waals surface area (Å²) in [5.74, 6) is -4.80. The van der Waals surface area contributed by atoms with Gasteiger partial charge in [-0.2, -0.15) is 5.10 Å². The van der Waals surface area contributed by atoms with Crippen molar-refractivity contribution in [1.29, 1.82) is 0 Å². The fourth-order valence-electron chi connectivity index (χ4n) is 5.85. The van der Waals surface area contributed by atoms with Crippen molar-refractivity contribution in [1.82, 2.24) is 40.2 Å². The largest absolute Gasteiger partial charge is 0.480 e. The first-order valence-electron chi connectivity index (χ1n) is 13.8. The Kier molecular flexibility index (Phi) is 7.31. The minimum atomic E-state index is -2.87. The van der Waals surface area contributed by atoms with Crippen LogP contribution in [-0.2, 0) is 16.1 Å². The van der Waals surface area contributed by atoms with Crippen LogP contribution in [0.5, 0.6) is 5.88 Å². The number of rotatable bonds is 7. The molecule has 0 spiro atoms. The van der Waals surface area contributed by atoms with Gasteiger partial charge in [-0.15, -0.1) is 0 Å². The zero-order valence-corrected chi connectivity index (χ0v) is 23.2. The number of hydrogen-bond donors (Lipinski definition) is 3. The molecule has 2 atom stereocenters. The lowest BCUT2D eigenvalue weighted by molar-refractivity contribution is -0.159. The number of hydrogen-bond acceptors (Lipinski definition) is 9. The highest BCUT2D eigenvalue weighted by atomic mass is 19.3. The number of ether oxygens (including phenoxy) is 1. The zero-order valence-electron chi connectivity index (χ0n) is 23.2. The average Bonchev–Trinajstić information content (AvgIpc) is 3.51. The van der Waals surface area contributed by atoms with Crippen molar-refractivity contribution in [2.45, 2.75) is 50.4 Å². The second kappa shape index (κ2) is 11.0. The molecule has 0 radical (unpaired) electrons. The second-order valence-electron chi connectivity index (χ2n) is 11.1. The molecule has 0 aromatic carbocycles. The van der Waals surface area contributed by atoms with Crippen LogP contribution in [0.2, 0.25) is 0 Å². The van der Waals surface area contributed by atoms with Gasteiger partial charge in [0.1, 0.15) is 23.6 Å². The van der Waals surface area contributed by atoms with Gasteiger partial charge in [0.2, 0.25) is 23.6 Å². The number of carbonyl (C=O) groups is 3. The molecule has 228 valence electrons. The van der Waals surface area contributed by atoms with E-state index in [4.69, 9.17) is 10.5 Å². The SMILES string of the molecule is COc1ncc(-c2cc(CN3CCCC(=O)N3)c3c(N)ncnn23)cc1C(=O)N[C@@H]1CN(C(=O)C2CC(F)(F)C2)C[C@@H]1F. The van der Waals surface area contributed by atoms with Gasteiger partial charge in [0.15, 0.2) is 5.82 Å². The molecule has 1 aliphatic carbocycles. The van der Waals surface area contributed by atoms with Crippen LogP contribution in [0.15, 0.2) is 24.7 Å². The van der Waals surface area contributed by atoms with Gasteiger partial charge in [0.25, 0.3) is 5.91 Å². The van der Waals surface area contributed by atoms with Gasteiger partial charge in [-0.3, -0.25) is 19.8 Å². The van der Waals surface area contributed by atoms with Crippen LogP contribution < -0.4 is 21.2 Å². The lowest BCUT2D eigenvalue weighted by Gasteiger charge is -2.36. The number of aromatic nitrogens is 4. The van der Waals surface area contributed by atoms with E-state index in [0.717, 1.165) is 5.56 Å². The first-order valence-corrected chi connectivity index (χ1v) is 13.8. The van der Waals surface area contributed by atoms with Crippen LogP contribution >= 0.6 is 0 Å². The Morgan fingerprint density at radius 1 is 1.23 bits per heavy atom. The summed E-state index contributed by atoms with van der Waals surface area (Å²) in [6.07, 6.45) is 1.26. The molecular weight excluding hydrogens is 571 g/mol. The van der Waals surface area contributed by atoms with E-state index in [9.17, 15) is 27.6 Å². The number of hydrazine groups is 1. The monoisotopic (exact) mass is 601 g/mol. The minimum Gasteiger partial charge on any atom is -0.480 e. The maximum atomic E-state index is 14.9. The highest BCUT2D eigenvalue weighted by molar-refractivity contribution is 5.98. The molecule has 3 fully saturated rings. The van der Waals surface area contributed by atoms with Crippen LogP contribution in [0.3, 0.4) is 0 Å². The van der Waals surface area contributed by atoms with Gasteiger partial charge >= 0.3 is 0 Å². The number of likely N-dealkylation sites (tertiary alicyclic amines) is 1. The van der Waals surface area contributed by atoms with Gasteiger partial charge < -0.3 is 20.7 Å². The molecule has 2 aliphatic heterocycles. The maximum Gasteiger partial charge on any atom is 0.257 e. The first-order chi connectivity index (χ1) is 20.5. The third kappa shape index (κ3) is 5.53. The fourth-order valence-corrected chi connectivity index (χ4v) is 5.85. The van der Waals surface area contributed by atoms with Crippen LogP contribution in [0.1, 0.15) is 41.6 Å². The van der Waals surface area contributed by atoms with Gasteiger partial charge in [0.05, 0.1) is 25.4 Å². The number of pyridine rings is 1. The summed E-state index contributed by atoms with van der Waals surface area (Å²) in [5, 5.41) is 8.73. The van der Waals surface area contributed by atoms with E-state index in [1.807, 2.05) is 6.07 Å². The van der Waals surface area contributed by atoms with Gasteiger partial charge in [-0.25, -0.2) is 32.7 Å². The smallest absolute Gasteiger partial charge is 0.257 e. The molecule has 3 aromatic rings. The molecule has 43 heavy (non-hydrogen) atoms. The number of amides is 3. The molecule has 3 amide bonds. The van der Waals surface area contributed by atoms with Crippen molar-refractivity contribution in [2.75, 3.05) is 32.5 Å². The average molecular weight is 602 g/mol. The molecular formula is C27H30F3N9O4. The molecule has 16 heteroatoms. The van der Waals surface area contributed by atoms with E-state index in [1.54, 1.807) is 9.52 Å². The number of nitrogen functional groups attached to an aromatic ring is 1. The number of nitrogens with two attached hydrogens (primary N) is 1. The zero-order chi connectivity index (χ0) is 30.5. The normalized spacial score (nSPS) is 22.3. The molecule has 6 rings (SSSR count). The summed E-state index contributed by atoms with van der Waals surface area (Å²) in [4.78, 5) is 47.5. The number of nitrogens with zero attached hydrogens (tertiary/aromatic N) is 6. The van der Waals surface area contributed by atoms with Crippen LogP contribution in [0.4, 0.5) is 19.0 Å². The Hall–Kier alpha value is -4.47. The molecule has 3 aromatic heterocycles. The number of halogens is 3. The molecule has 0 bridgehead atoms. The lowest BCUT2D eigenvalue weighted by atomic mass is 9.80. The van der Waals surface area contributed by atoms with Crippen LogP contribution in [0, 0.1) is 5.92 Å². The third-order valence-corrected chi connectivity index (χ3v) is 8.04. The molecule has 3 aliphatic rings. The fraction of sp³-hybridized carbons (Fsp3) is 0.481.